The molecule has 0 bridgehead atoms. The molecule has 2 unspecified atom stereocenters. The van der Waals surface area contributed by atoms with Gasteiger partial charge in [-0.25, -0.2) is 0 Å². The summed E-state index contributed by atoms with van der Waals surface area (Å²) in [7, 11) is 0. The van der Waals surface area contributed by atoms with Gasteiger partial charge < -0.3 is 10.6 Å². The first-order valence-corrected chi connectivity index (χ1v) is 8.36. The van der Waals surface area contributed by atoms with Gasteiger partial charge in [0.1, 0.15) is 6.04 Å². The van der Waals surface area contributed by atoms with Crippen LogP contribution >= 0.6 is 0 Å². The minimum atomic E-state index is -0.694. The molecule has 24 heavy (non-hydrogen) atoms. The maximum atomic E-state index is 12.7. The van der Waals surface area contributed by atoms with E-state index in [-0.39, 0.29) is 17.9 Å². The zero-order valence-corrected chi connectivity index (χ0v) is 13.7. The van der Waals surface area contributed by atoms with Crippen LogP contribution in [0.25, 0.3) is 0 Å². The van der Waals surface area contributed by atoms with Crippen LogP contribution in [0.3, 0.4) is 0 Å². The van der Waals surface area contributed by atoms with Crippen molar-refractivity contribution in [2.45, 2.75) is 31.8 Å². The van der Waals surface area contributed by atoms with E-state index in [0.29, 0.717) is 11.5 Å². The Labute approximate surface area is 142 Å². The molecule has 0 aromatic heterocycles. The number of rotatable bonds is 6. The van der Waals surface area contributed by atoms with Gasteiger partial charge in [-0.2, -0.15) is 0 Å². The first-order valence-electron chi connectivity index (χ1n) is 8.36. The van der Waals surface area contributed by atoms with Gasteiger partial charge in [0.15, 0.2) is 0 Å². The molecule has 2 N–H and O–H groups in total. The Hall–Kier alpha value is -2.62. The van der Waals surface area contributed by atoms with Crippen molar-refractivity contribution >= 4 is 11.8 Å². The van der Waals surface area contributed by atoms with Crippen LogP contribution in [0.15, 0.2) is 60.7 Å². The fourth-order valence-corrected chi connectivity index (χ4v) is 2.77. The smallest absolute Gasteiger partial charge is 0.252 e. The van der Waals surface area contributed by atoms with E-state index in [4.69, 9.17) is 0 Å². The van der Waals surface area contributed by atoms with Gasteiger partial charge in [0.05, 0.1) is 0 Å². The summed E-state index contributed by atoms with van der Waals surface area (Å²) in [6, 6.07) is 17.7. The van der Waals surface area contributed by atoms with E-state index < -0.39 is 6.04 Å². The Morgan fingerprint density at radius 3 is 2.08 bits per heavy atom. The third-order valence-electron chi connectivity index (χ3n) is 4.41. The molecule has 0 spiro atoms. The standard InChI is InChI=1S/C20H22N2O2/c1-14(15-12-13-15)21-20(24)18(16-8-4-2-5-9-16)22-19(23)17-10-6-3-7-11-17/h2-11,14-15,18H,12-13H2,1H3,(H,21,24)(H,22,23). The summed E-state index contributed by atoms with van der Waals surface area (Å²) >= 11 is 0. The minimum Gasteiger partial charge on any atom is -0.351 e. The molecule has 4 heteroatoms. The van der Waals surface area contributed by atoms with Crippen LogP contribution in [-0.4, -0.2) is 17.9 Å². The van der Waals surface area contributed by atoms with Crippen molar-refractivity contribution in [3.05, 3.63) is 71.8 Å². The van der Waals surface area contributed by atoms with Crippen LogP contribution in [-0.2, 0) is 4.79 Å². The quantitative estimate of drug-likeness (QED) is 0.859. The van der Waals surface area contributed by atoms with Gasteiger partial charge in [-0.3, -0.25) is 9.59 Å². The molecule has 2 aromatic rings. The lowest BCUT2D eigenvalue weighted by molar-refractivity contribution is -0.123. The largest absolute Gasteiger partial charge is 0.351 e. The third kappa shape index (κ3) is 4.02. The van der Waals surface area contributed by atoms with Crippen molar-refractivity contribution < 1.29 is 9.59 Å². The summed E-state index contributed by atoms with van der Waals surface area (Å²) in [5.41, 5.74) is 1.32. The van der Waals surface area contributed by atoms with Crippen molar-refractivity contribution in [1.29, 1.82) is 0 Å². The molecule has 124 valence electrons. The average Bonchev–Trinajstić information content (AvgIpc) is 3.46. The summed E-state index contributed by atoms with van der Waals surface area (Å²) in [5.74, 6) is 0.152. The number of nitrogens with one attached hydrogen (secondary N) is 2. The van der Waals surface area contributed by atoms with Crippen LogP contribution in [0.1, 0.15) is 41.7 Å². The summed E-state index contributed by atoms with van der Waals surface area (Å²) in [6.45, 7) is 2.02. The Kier molecular flexibility index (Phi) is 4.94. The van der Waals surface area contributed by atoms with Gasteiger partial charge in [-0.05, 0) is 43.4 Å². The molecule has 2 aromatic carbocycles. The predicted molar refractivity (Wildman–Crippen MR) is 93.4 cm³/mol. The van der Waals surface area contributed by atoms with Gasteiger partial charge in [-0.15, -0.1) is 0 Å². The normalized spacial score (nSPS) is 16.0. The molecule has 0 radical (unpaired) electrons. The zero-order valence-electron chi connectivity index (χ0n) is 13.7. The second-order valence-electron chi connectivity index (χ2n) is 6.32. The van der Waals surface area contributed by atoms with Gasteiger partial charge >= 0.3 is 0 Å². The highest BCUT2D eigenvalue weighted by Crippen LogP contribution is 2.32. The van der Waals surface area contributed by atoms with Gasteiger partial charge in [0.25, 0.3) is 5.91 Å². The topological polar surface area (TPSA) is 58.2 Å². The van der Waals surface area contributed by atoms with Crippen molar-refractivity contribution in [2.24, 2.45) is 5.92 Å². The van der Waals surface area contributed by atoms with E-state index in [0.717, 1.165) is 18.4 Å². The van der Waals surface area contributed by atoms with Gasteiger partial charge in [0.2, 0.25) is 5.91 Å². The minimum absolute atomic E-state index is 0.136. The van der Waals surface area contributed by atoms with Crippen molar-refractivity contribution in [3.63, 3.8) is 0 Å². The van der Waals surface area contributed by atoms with Crippen LogP contribution in [0.2, 0.25) is 0 Å². The third-order valence-corrected chi connectivity index (χ3v) is 4.41. The van der Waals surface area contributed by atoms with Crippen LogP contribution in [0.5, 0.6) is 0 Å². The molecule has 4 nitrogen and oxygen atoms in total. The van der Waals surface area contributed by atoms with E-state index in [1.54, 1.807) is 12.1 Å². The van der Waals surface area contributed by atoms with Crippen molar-refractivity contribution in [3.8, 4) is 0 Å². The van der Waals surface area contributed by atoms with Gasteiger partial charge in [0, 0.05) is 11.6 Å². The number of amides is 2. The maximum absolute atomic E-state index is 12.7. The highest BCUT2D eigenvalue weighted by atomic mass is 16.2. The van der Waals surface area contributed by atoms with E-state index in [1.165, 1.54) is 0 Å². The van der Waals surface area contributed by atoms with E-state index in [2.05, 4.69) is 10.6 Å². The fourth-order valence-electron chi connectivity index (χ4n) is 2.77. The Bertz CT molecular complexity index is 696. The second-order valence-corrected chi connectivity index (χ2v) is 6.32. The molecule has 2 amide bonds. The van der Waals surface area contributed by atoms with Crippen LogP contribution in [0.4, 0.5) is 0 Å². The molecule has 1 aliphatic rings. The highest BCUT2D eigenvalue weighted by molar-refractivity contribution is 5.97. The SMILES string of the molecule is CC(NC(=O)C(NC(=O)c1ccccc1)c1ccccc1)C1CC1. The van der Waals surface area contributed by atoms with Crippen LogP contribution < -0.4 is 10.6 Å². The average molecular weight is 322 g/mol. The maximum Gasteiger partial charge on any atom is 0.252 e. The van der Waals surface area contributed by atoms with E-state index in [1.807, 2.05) is 55.5 Å². The molecule has 0 saturated heterocycles. The second kappa shape index (κ2) is 7.30. The lowest BCUT2D eigenvalue weighted by Crippen LogP contribution is -2.44. The van der Waals surface area contributed by atoms with E-state index >= 15 is 0 Å². The van der Waals surface area contributed by atoms with Crippen molar-refractivity contribution in [1.82, 2.24) is 10.6 Å². The molecular weight excluding hydrogens is 300 g/mol. The Morgan fingerprint density at radius 2 is 1.50 bits per heavy atom. The van der Waals surface area contributed by atoms with Gasteiger partial charge in [-0.1, -0.05) is 48.5 Å². The number of benzene rings is 2. The summed E-state index contributed by atoms with van der Waals surface area (Å²) in [5, 5.41) is 5.91. The first-order chi connectivity index (χ1) is 11.6. The lowest BCUT2D eigenvalue weighted by atomic mass is 10.0. The van der Waals surface area contributed by atoms with E-state index in [9.17, 15) is 9.59 Å². The molecule has 1 saturated carbocycles. The molecule has 2 atom stereocenters. The Morgan fingerprint density at radius 1 is 0.917 bits per heavy atom. The number of hydrogen-bond acceptors (Lipinski definition) is 2. The van der Waals surface area contributed by atoms with Crippen LogP contribution in [0, 0.1) is 5.92 Å². The molecule has 0 heterocycles. The summed E-state index contributed by atoms with van der Waals surface area (Å²) in [4.78, 5) is 25.2. The number of carbonyl (C=O) groups excluding carboxylic acids is 2. The molecule has 0 aliphatic heterocycles. The number of carbonyl (C=O) groups is 2. The molecule has 1 fully saturated rings. The number of hydrogen-bond donors (Lipinski definition) is 2. The van der Waals surface area contributed by atoms with Crippen molar-refractivity contribution in [2.75, 3.05) is 0 Å². The monoisotopic (exact) mass is 322 g/mol. The first kappa shape index (κ1) is 16.2. The lowest BCUT2D eigenvalue weighted by Gasteiger charge is -2.21. The zero-order chi connectivity index (χ0) is 16.9. The summed E-state index contributed by atoms with van der Waals surface area (Å²) < 4.78 is 0. The Balaban J connectivity index is 1.77. The fraction of sp³-hybridized carbons (Fsp3) is 0.300. The molecular formula is C20H22N2O2. The predicted octanol–water partition coefficient (Wildman–Crippen LogP) is 3.07. The highest BCUT2D eigenvalue weighted by Gasteiger charge is 2.31. The summed E-state index contributed by atoms with van der Waals surface area (Å²) in [6.07, 6.45) is 2.32. The molecule has 1 aliphatic carbocycles. The molecule has 3 rings (SSSR count).